The number of fused-ring (bicyclic) bond motifs is 1. The van der Waals surface area contributed by atoms with Gasteiger partial charge in [0.15, 0.2) is 5.82 Å². The number of imidazole rings is 1. The number of rotatable bonds is 4. The zero-order chi connectivity index (χ0) is 16.4. The maximum Gasteiger partial charge on any atom is 0.223 e. The second-order valence-electron chi connectivity index (χ2n) is 6.36. The number of halogens is 1. The molecule has 0 radical (unpaired) electrons. The summed E-state index contributed by atoms with van der Waals surface area (Å²) >= 11 is 0. The molecule has 0 aliphatic heterocycles. The highest BCUT2D eigenvalue weighted by atomic mass is 19.1. The van der Waals surface area contributed by atoms with Gasteiger partial charge in [-0.1, -0.05) is 12.5 Å². The predicted molar refractivity (Wildman–Crippen MR) is 87.3 cm³/mol. The number of carbonyl (C=O) groups is 1. The van der Waals surface area contributed by atoms with Gasteiger partial charge in [0.25, 0.3) is 0 Å². The number of nitrogens with zero attached hydrogens (tertiary/aromatic N) is 2. The van der Waals surface area contributed by atoms with Gasteiger partial charge in [-0.25, -0.2) is 9.37 Å². The number of para-hydroxylation sites is 1. The Morgan fingerprint density at radius 3 is 3.04 bits per heavy atom. The summed E-state index contributed by atoms with van der Waals surface area (Å²) in [5.74, 6) is 0.553. The second-order valence-corrected chi connectivity index (χ2v) is 6.36. The minimum absolute atomic E-state index is 0.0247. The molecule has 23 heavy (non-hydrogen) atoms. The average molecular weight is 318 g/mol. The van der Waals surface area contributed by atoms with Crippen LogP contribution >= 0.6 is 0 Å². The number of nitrogens with one attached hydrogen (secondary N) is 1. The van der Waals surface area contributed by atoms with Crippen LogP contribution in [0.3, 0.4) is 0 Å². The molecule has 0 spiro atoms. The number of aromatic nitrogens is 2. The molecule has 1 aliphatic rings. The van der Waals surface area contributed by atoms with Crippen molar-refractivity contribution in [2.24, 2.45) is 18.7 Å². The summed E-state index contributed by atoms with van der Waals surface area (Å²) in [6, 6.07) is 5.07. The zero-order valence-corrected chi connectivity index (χ0v) is 13.4. The smallest absolute Gasteiger partial charge is 0.223 e. The van der Waals surface area contributed by atoms with E-state index in [9.17, 15) is 9.18 Å². The van der Waals surface area contributed by atoms with Crippen molar-refractivity contribution < 1.29 is 9.18 Å². The number of hydrogen-bond acceptors (Lipinski definition) is 3. The Morgan fingerprint density at radius 1 is 1.48 bits per heavy atom. The fourth-order valence-electron chi connectivity index (χ4n) is 3.36. The van der Waals surface area contributed by atoms with Crippen molar-refractivity contribution in [3.8, 4) is 0 Å². The average Bonchev–Trinajstić information content (AvgIpc) is 2.86. The Kier molecular flexibility index (Phi) is 4.61. The van der Waals surface area contributed by atoms with Gasteiger partial charge in [0.1, 0.15) is 11.3 Å². The molecule has 1 aromatic carbocycles. The van der Waals surface area contributed by atoms with Crippen LogP contribution in [-0.2, 0) is 18.3 Å². The molecule has 1 aliphatic carbocycles. The monoisotopic (exact) mass is 318 g/mol. The van der Waals surface area contributed by atoms with Gasteiger partial charge >= 0.3 is 0 Å². The van der Waals surface area contributed by atoms with E-state index in [1.54, 1.807) is 6.07 Å². The molecule has 5 nitrogen and oxygen atoms in total. The molecule has 2 aromatic rings. The Labute approximate surface area is 135 Å². The number of carbonyl (C=O) groups excluding carboxylic acids is 1. The zero-order valence-electron chi connectivity index (χ0n) is 13.4. The Hall–Kier alpha value is -1.95. The molecular formula is C17H23FN4O. The summed E-state index contributed by atoms with van der Waals surface area (Å²) in [5.41, 5.74) is 7.08. The van der Waals surface area contributed by atoms with E-state index < -0.39 is 0 Å². The molecular weight excluding hydrogens is 295 g/mol. The summed E-state index contributed by atoms with van der Waals surface area (Å²) in [4.78, 5) is 16.5. The fourth-order valence-corrected chi connectivity index (χ4v) is 3.36. The number of amides is 1. The first-order valence-electron chi connectivity index (χ1n) is 8.19. The van der Waals surface area contributed by atoms with Crippen molar-refractivity contribution in [3.63, 3.8) is 0 Å². The molecule has 0 bridgehead atoms. The van der Waals surface area contributed by atoms with Gasteiger partial charge < -0.3 is 15.6 Å². The van der Waals surface area contributed by atoms with Crippen molar-refractivity contribution >= 4 is 16.9 Å². The minimum Gasteiger partial charge on any atom is -0.355 e. The van der Waals surface area contributed by atoms with E-state index in [-0.39, 0.29) is 23.7 Å². The van der Waals surface area contributed by atoms with Gasteiger partial charge in [-0.05, 0) is 31.4 Å². The lowest BCUT2D eigenvalue weighted by Gasteiger charge is -2.25. The van der Waals surface area contributed by atoms with Crippen LogP contribution in [0.1, 0.15) is 31.5 Å². The van der Waals surface area contributed by atoms with Gasteiger partial charge in [-0.3, -0.25) is 4.79 Å². The first-order valence-corrected chi connectivity index (χ1v) is 8.19. The van der Waals surface area contributed by atoms with E-state index in [0.717, 1.165) is 37.0 Å². The summed E-state index contributed by atoms with van der Waals surface area (Å²) in [6.07, 6.45) is 4.29. The topological polar surface area (TPSA) is 72.9 Å². The molecule has 1 saturated carbocycles. The Balaban J connectivity index is 1.59. The van der Waals surface area contributed by atoms with Gasteiger partial charge in [-0.15, -0.1) is 0 Å². The van der Waals surface area contributed by atoms with Crippen LogP contribution in [0.5, 0.6) is 0 Å². The van der Waals surface area contributed by atoms with Crippen molar-refractivity contribution in [2.75, 3.05) is 6.54 Å². The summed E-state index contributed by atoms with van der Waals surface area (Å²) < 4.78 is 15.6. The fraction of sp³-hybridized carbons (Fsp3) is 0.529. The lowest BCUT2D eigenvalue weighted by molar-refractivity contribution is -0.126. The maximum absolute atomic E-state index is 13.8. The standard InChI is InChI=1S/C17H23FN4O/c1-22-14-7-3-6-13(18)16(14)21-15(22)8-9-20-17(23)11-4-2-5-12(19)10-11/h3,6-7,11-12H,2,4-5,8-10,19H2,1H3,(H,20,23). The van der Waals surface area contributed by atoms with Gasteiger partial charge in [0, 0.05) is 32.0 Å². The molecule has 1 aromatic heterocycles. The van der Waals surface area contributed by atoms with Crippen LogP contribution in [0.25, 0.3) is 11.0 Å². The van der Waals surface area contributed by atoms with Crippen LogP contribution in [0.15, 0.2) is 18.2 Å². The van der Waals surface area contributed by atoms with Crippen molar-refractivity contribution in [1.82, 2.24) is 14.9 Å². The van der Waals surface area contributed by atoms with Crippen LogP contribution in [0.4, 0.5) is 4.39 Å². The van der Waals surface area contributed by atoms with Gasteiger partial charge in [0.05, 0.1) is 5.52 Å². The molecule has 6 heteroatoms. The van der Waals surface area contributed by atoms with Crippen molar-refractivity contribution in [1.29, 1.82) is 0 Å². The predicted octanol–water partition coefficient (Wildman–Crippen LogP) is 1.89. The summed E-state index contributed by atoms with van der Waals surface area (Å²) in [6.45, 7) is 0.503. The highest BCUT2D eigenvalue weighted by Crippen LogP contribution is 2.23. The maximum atomic E-state index is 13.8. The van der Waals surface area contributed by atoms with Crippen molar-refractivity contribution in [3.05, 3.63) is 29.8 Å². The Bertz CT molecular complexity index is 712. The Morgan fingerprint density at radius 2 is 2.30 bits per heavy atom. The number of nitrogens with two attached hydrogens (primary N) is 1. The highest BCUT2D eigenvalue weighted by molar-refractivity contribution is 5.79. The quantitative estimate of drug-likeness (QED) is 0.904. The van der Waals surface area contributed by atoms with E-state index in [0.29, 0.717) is 18.5 Å². The molecule has 1 fully saturated rings. The molecule has 1 amide bonds. The lowest BCUT2D eigenvalue weighted by atomic mass is 9.85. The normalized spacial score (nSPS) is 21.5. The number of aryl methyl sites for hydroxylation is 1. The van der Waals surface area contributed by atoms with Crippen LogP contribution in [-0.4, -0.2) is 28.0 Å². The van der Waals surface area contributed by atoms with Gasteiger partial charge in [-0.2, -0.15) is 0 Å². The second kappa shape index (κ2) is 6.66. The van der Waals surface area contributed by atoms with E-state index in [4.69, 9.17) is 5.73 Å². The highest BCUT2D eigenvalue weighted by Gasteiger charge is 2.25. The minimum atomic E-state index is -0.315. The molecule has 3 N–H and O–H groups in total. The largest absolute Gasteiger partial charge is 0.355 e. The molecule has 0 saturated heterocycles. The van der Waals surface area contributed by atoms with Gasteiger partial charge in [0.2, 0.25) is 5.91 Å². The first-order chi connectivity index (χ1) is 11.1. The molecule has 2 atom stereocenters. The third-order valence-electron chi connectivity index (χ3n) is 4.69. The first kappa shape index (κ1) is 15.9. The van der Waals surface area contributed by atoms with E-state index in [1.165, 1.54) is 6.07 Å². The summed E-state index contributed by atoms with van der Waals surface area (Å²) in [7, 11) is 1.87. The molecule has 124 valence electrons. The SMILES string of the molecule is Cn1c(CCNC(=O)C2CCCC(N)C2)nc2c(F)cccc21. The lowest BCUT2D eigenvalue weighted by Crippen LogP contribution is -2.38. The third-order valence-corrected chi connectivity index (χ3v) is 4.69. The molecule has 3 rings (SSSR count). The van der Waals surface area contributed by atoms with Crippen LogP contribution < -0.4 is 11.1 Å². The number of hydrogen-bond donors (Lipinski definition) is 2. The molecule has 2 unspecified atom stereocenters. The van der Waals surface area contributed by atoms with Crippen LogP contribution in [0.2, 0.25) is 0 Å². The van der Waals surface area contributed by atoms with E-state index >= 15 is 0 Å². The number of benzene rings is 1. The van der Waals surface area contributed by atoms with E-state index in [1.807, 2.05) is 17.7 Å². The summed E-state index contributed by atoms with van der Waals surface area (Å²) in [5, 5.41) is 2.97. The molecule has 1 heterocycles. The van der Waals surface area contributed by atoms with Crippen molar-refractivity contribution in [2.45, 2.75) is 38.1 Å². The third kappa shape index (κ3) is 3.37. The van der Waals surface area contributed by atoms with E-state index in [2.05, 4.69) is 10.3 Å². The van der Waals surface area contributed by atoms with Crippen LogP contribution in [0, 0.1) is 11.7 Å².